The molecule has 0 saturated carbocycles. The van der Waals surface area contributed by atoms with Crippen LogP contribution in [-0.4, -0.2) is 25.6 Å². The van der Waals surface area contributed by atoms with Gasteiger partial charge in [0.05, 0.1) is 13.7 Å². The summed E-state index contributed by atoms with van der Waals surface area (Å²) in [5.41, 5.74) is 3.59. The third-order valence-electron chi connectivity index (χ3n) is 5.58. The SMILES string of the molecule is CCOC(=O)c1c(-c2ccc(Br)cc2)csc1NC(=O)/C=C/c1ccc(OCc2ccc(Cl)cc2)c(OC)c1. The molecule has 6 nitrogen and oxygen atoms in total. The number of benzene rings is 3. The lowest BCUT2D eigenvalue weighted by Crippen LogP contribution is -2.12. The molecule has 1 N–H and O–H groups in total. The number of amides is 1. The third-order valence-corrected chi connectivity index (χ3v) is 7.26. The number of hydrogen-bond acceptors (Lipinski definition) is 6. The van der Waals surface area contributed by atoms with E-state index in [1.807, 2.05) is 60.0 Å². The van der Waals surface area contributed by atoms with Crippen LogP contribution < -0.4 is 14.8 Å². The normalized spacial score (nSPS) is 10.9. The van der Waals surface area contributed by atoms with Crippen molar-refractivity contribution in [1.29, 1.82) is 0 Å². The predicted octanol–water partition coefficient (Wildman–Crippen LogP) is 8.25. The zero-order valence-electron chi connectivity index (χ0n) is 21.2. The Balaban J connectivity index is 1.47. The van der Waals surface area contributed by atoms with E-state index in [4.69, 9.17) is 25.8 Å². The van der Waals surface area contributed by atoms with Crippen molar-refractivity contribution >= 4 is 61.8 Å². The Morgan fingerprint density at radius 2 is 1.77 bits per heavy atom. The minimum atomic E-state index is -0.491. The van der Waals surface area contributed by atoms with Crippen LogP contribution in [0.5, 0.6) is 11.5 Å². The average Bonchev–Trinajstić information content (AvgIpc) is 3.35. The number of nitrogens with one attached hydrogen (secondary N) is 1. The van der Waals surface area contributed by atoms with Crippen molar-refractivity contribution in [2.45, 2.75) is 13.5 Å². The summed E-state index contributed by atoms with van der Waals surface area (Å²) >= 11 is 10.6. The summed E-state index contributed by atoms with van der Waals surface area (Å²) in [6.45, 7) is 2.33. The largest absolute Gasteiger partial charge is 0.493 e. The molecule has 0 saturated heterocycles. The van der Waals surface area contributed by atoms with Crippen molar-refractivity contribution in [3.63, 3.8) is 0 Å². The highest BCUT2D eigenvalue weighted by Crippen LogP contribution is 2.37. The molecule has 0 bridgehead atoms. The molecular weight excluding hydrogens is 602 g/mol. The lowest BCUT2D eigenvalue weighted by atomic mass is 10.0. The van der Waals surface area contributed by atoms with E-state index < -0.39 is 5.97 Å². The second-order valence-electron chi connectivity index (χ2n) is 8.23. The van der Waals surface area contributed by atoms with Gasteiger partial charge in [-0.05, 0) is 66.1 Å². The van der Waals surface area contributed by atoms with Crippen LogP contribution in [0.3, 0.4) is 0 Å². The maximum atomic E-state index is 12.8. The summed E-state index contributed by atoms with van der Waals surface area (Å²) in [5, 5.41) is 5.74. The van der Waals surface area contributed by atoms with Crippen molar-refractivity contribution in [3.8, 4) is 22.6 Å². The smallest absolute Gasteiger partial charge is 0.341 e. The second kappa shape index (κ2) is 13.5. The molecule has 0 radical (unpaired) electrons. The van der Waals surface area contributed by atoms with Crippen molar-refractivity contribution in [1.82, 2.24) is 0 Å². The number of thiophene rings is 1. The van der Waals surface area contributed by atoms with Gasteiger partial charge in [-0.25, -0.2) is 4.79 Å². The van der Waals surface area contributed by atoms with Gasteiger partial charge >= 0.3 is 5.97 Å². The number of carbonyl (C=O) groups excluding carboxylic acids is 2. The van der Waals surface area contributed by atoms with Crippen LogP contribution in [-0.2, 0) is 16.1 Å². The van der Waals surface area contributed by atoms with Crippen molar-refractivity contribution in [2.75, 3.05) is 19.0 Å². The van der Waals surface area contributed by atoms with Crippen LogP contribution in [0.4, 0.5) is 5.00 Å². The lowest BCUT2D eigenvalue weighted by Gasteiger charge is -2.11. The number of esters is 1. The Hall–Kier alpha value is -3.59. The topological polar surface area (TPSA) is 73.9 Å². The van der Waals surface area contributed by atoms with Gasteiger partial charge < -0.3 is 19.5 Å². The molecule has 3 aromatic carbocycles. The first-order valence-corrected chi connectivity index (χ1v) is 14.0. The quantitative estimate of drug-likeness (QED) is 0.142. The van der Waals surface area contributed by atoms with Gasteiger partial charge in [0.1, 0.15) is 17.2 Å². The highest BCUT2D eigenvalue weighted by molar-refractivity contribution is 9.10. The second-order valence-corrected chi connectivity index (χ2v) is 10.5. The van der Waals surface area contributed by atoms with Crippen molar-refractivity contribution < 1.29 is 23.8 Å². The van der Waals surface area contributed by atoms with Crippen LogP contribution in [0.15, 0.2) is 82.7 Å². The number of rotatable bonds is 10. The summed E-state index contributed by atoms with van der Waals surface area (Å²) in [6, 6.07) is 20.4. The highest BCUT2D eigenvalue weighted by Gasteiger charge is 2.22. The number of halogens is 2. The summed E-state index contributed by atoms with van der Waals surface area (Å²) in [7, 11) is 1.56. The van der Waals surface area contributed by atoms with E-state index in [9.17, 15) is 9.59 Å². The fourth-order valence-corrected chi connectivity index (χ4v) is 5.02. The number of anilines is 1. The Kier molecular flexibility index (Phi) is 9.81. The van der Waals surface area contributed by atoms with Gasteiger partial charge in [0.15, 0.2) is 11.5 Å². The first kappa shape index (κ1) is 28.4. The number of methoxy groups -OCH3 is 1. The summed E-state index contributed by atoms with van der Waals surface area (Å²) < 4.78 is 17.6. The Morgan fingerprint density at radius 3 is 2.46 bits per heavy atom. The molecule has 0 unspecified atom stereocenters. The minimum Gasteiger partial charge on any atom is -0.493 e. The first-order chi connectivity index (χ1) is 18.9. The highest BCUT2D eigenvalue weighted by atomic mass is 79.9. The van der Waals surface area contributed by atoms with Crippen LogP contribution in [0.25, 0.3) is 17.2 Å². The fraction of sp³-hybridized carbons (Fsp3) is 0.133. The number of ether oxygens (including phenoxy) is 3. The van der Waals surface area contributed by atoms with Gasteiger partial charge in [0.2, 0.25) is 5.91 Å². The third kappa shape index (κ3) is 7.50. The van der Waals surface area contributed by atoms with E-state index >= 15 is 0 Å². The van der Waals surface area contributed by atoms with E-state index in [1.165, 1.54) is 17.4 Å². The Labute approximate surface area is 244 Å². The van der Waals surface area contributed by atoms with E-state index in [0.29, 0.717) is 39.3 Å². The minimum absolute atomic E-state index is 0.225. The molecule has 0 aliphatic carbocycles. The van der Waals surface area contributed by atoms with Crippen LogP contribution in [0.2, 0.25) is 5.02 Å². The fourth-order valence-electron chi connectivity index (χ4n) is 3.67. The van der Waals surface area contributed by atoms with Gasteiger partial charge in [0.25, 0.3) is 0 Å². The molecule has 0 spiro atoms. The van der Waals surface area contributed by atoms with Crippen molar-refractivity contribution in [2.24, 2.45) is 0 Å². The molecule has 0 aliphatic heterocycles. The summed E-state index contributed by atoms with van der Waals surface area (Å²) in [5.74, 6) is 0.238. The van der Waals surface area contributed by atoms with Crippen molar-refractivity contribution in [3.05, 3.63) is 104 Å². The summed E-state index contributed by atoms with van der Waals surface area (Å²) in [6.07, 6.45) is 3.06. The number of carbonyl (C=O) groups is 2. The molecule has 9 heteroatoms. The summed E-state index contributed by atoms with van der Waals surface area (Å²) in [4.78, 5) is 25.6. The van der Waals surface area contributed by atoms with Crippen LogP contribution in [0.1, 0.15) is 28.4 Å². The molecule has 4 rings (SSSR count). The lowest BCUT2D eigenvalue weighted by molar-refractivity contribution is -0.111. The molecule has 4 aromatic rings. The standard InChI is InChI=1S/C30H25BrClNO5S/c1-3-37-30(35)28-24(21-8-10-22(31)11-9-21)18-39-29(28)33-27(34)15-7-19-6-14-25(26(16-19)36-2)38-17-20-4-12-23(32)13-5-20/h4-16,18H,3,17H2,1-2H3,(H,33,34)/b15-7+. The van der Waals surface area contributed by atoms with Crippen LogP contribution >= 0.6 is 38.9 Å². The van der Waals surface area contributed by atoms with E-state index in [1.54, 1.807) is 32.2 Å². The monoisotopic (exact) mass is 625 g/mol. The van der Waals surface area contributed by atoms with Gasteiger partial charge in [-0.15, -0.1) is 11.3 Å². The molecule has 0 fully saturated rings. The van der Waals surface area contributed by atoms with Gasteiger partial charge in [-0.1, -0.05) is 57.9 Å². The van der Waals surface area contributed by atoms with Gasteiger partial charge in [-0.3, -0.25) is 4.79 Å². The molecule has 200 valence electrons. The zero-order chi connectivity index (χ0) is 27.8. The van der Waals surface area contributed by atoms with Crippen LogP contribution in [0, 0.1) is 0 Å². The Bertz CT molecular complexity index is 1480. The average molecular weight is 627 g/mol. The maximum Gasteiger partial charge on any atom is 0.341 e. The predicted molar refractivity (Wildman–Crippen MR) is 160 cm³/mol. The van der Waals surface area contributed by atoms with E-state index in [-0.39, 0.29) is 12.5 Å². The molecule has 1 heterocycles. The Morgan fingerprint density at radius 1 is 1.03 bits per heavy atom. The van der Waals surface area contributed by atoms with Gasteiger partial charge in [0, 0.05) is 26.5 Å². The molecule has 39 heavy (non-hydrogen) atoms. The molecule has 0 aliphatic rings. The molecule has 1 amide bonds. The molecule has 1 aromatic heterocycles. The van der Waals surface area contributed by atoms with Gasteiger partial charge in [-0.2, -0.15) is 0 Å². The molecule has 0 atom stereocenters. The maximum absolute atomic E-state index is 12.8. The zero-order valence-corrected chi connectivity index (χ0v) is 24.4. The number of hydrogen-bond donors (Lipinski definition) is 1. The van der Waals surface area contributed by atoms with E-state index in [2.05, 4.69) is 21.2 Å². The van der Waals surface area contributed by atoms with E-state index in [0.717, 1.165) is 21.2 Å². The molecular formula is C30H25BrClNO5S. The first-order valence-electron chi connectivity index (χ1n) is 12.0.